The van der Waals surface area contributed by atoms with Gasteiger partial charge >= 0.3 is 0 Å². The molecular weight excluding hydrogens is 442 g/mol. The fraction of sp³-hybridized carbons (Fsp3) is 0.143. The Labute approximate surface area is 177 Å². The van der Waals surface area contributed by atoms with E-state index in [1.165, 1.54) is 17.3 Å². The SMILES string of the molecule is C=CCOc1ccc(Br)cc1C=C1SC(=S)N(c2ccc(C)c(C)c2)C1=O. The molecule has 1 amide bonds. The summed E-state index contributed by atoms with van der Waals surface area (Å²) in [6.07, 6.45) is 3.51. The molecule has 27 heavy (non-hydrogen) atoms. The van der Waals surface area contributed by atoms with E-state index in [0.29, 0.717) is 21.6 Å². The first-order valence-electron chi connectivity index (χ1n) is 8.29. The fourth-order valence-electron chi connectivity index (χ4n) is 2.61. The van der Waals surface area contributed by atoms with Gasteiger partial charge in [0, 0.05) is 10.0 Å². The van der Waals surface area contributed by atoms with E-state index in [4.69, 9.17) is 17.0 Å². The van der Waals surface area contributed by atoms with Crippen LogP contribution < -0.4 is 9.64 Å². The Morgan fingerprint density at radius 2 is 2.00 bits per heavy atom. The van der Waals surface area contributed by atoms with Gasteiger partial charge in [-0.2, -0.15) is 0 Å². The number of hydrogen-bond acceptors (Lipinski definition) is 4. The molecule has 3 nitrogen and oxygen atoms in total. The smallest absolute Gasteiger partial charge is 0.270 e. The van der Waals surface area contributed by atoms with Crippen molar-refractivity contribution in [2.45, 2.75) is 13.8 Å². The Morgan fingerprint density at radius 3 is 2.70 bits per heavy atom. The van der Waals surface area contributed by atoms with Crippen LogP contribution in [0.25, 0.3) is 6.08 Å². The van der Waals surface area contributed by atoms with E-state index in [9.17, 15) is 4.79 Å². The number of rotatable bonds is 5. The van der Waals surface area contributed by atoms with Gasteiger partial charge in [0.2, 0.25) is 0 Å². The van der Waals surface area contributed by atoms with Crippen LogP contribution in [-0.4, -0.2) is 16.8 Å². The topological polar surface area (TPSA) is 29.5 Å². The van der Waals surface area contributed by atoms with Gasteiger partial charge in [-0.15, -0.1) is 0 Å². The molecule has 0 spiro atoms. The number of ether oxygens (including phenoxy) is 1. The Bertz CT molecular complexity index is 969. The van der Waals surface area contributed by atoms with Crippen molar-refractivity contribution in [1.82, 2.24) is 0 Å². The maximum Gasteiger partial charge on any atom is 0.270 e. The van der Waals surface area contributed by atoms with Crippen molar-refractivity contribution in [2.24, 2.45) is 0 Å². The standard InChI is InChI=1S/C21H18BrNO2S2/c1-4-9-25-18-8-6-16(22)11-15(18)12-19-20(24)23(21(26)27-19)17-7-5-13(2)14(3)10-17/h4-8,10-12H,1,9H2,2-3H3. The third-order valence-electron chi connectivity index (χ3n) is 4.16. The highest BCUT2D eigenvalue weighted by atomic mass is 79.9. The molecule has 138 valence electrons. The number of aryl methyl sites for hydroxylation is 2. The second kappa shape index (κ2) is 8.42. The molecule has 0 atom stereocenters. The van der Waals surface area contributed by atoms with Gasteiger partial charge in [0.15, 0.2) is 4.32 Å². The highest BCUT2D eigenvalue weighted by molar-refractivity contribution is 9.10. The molecule has 0 radical (unpaired) electrons. The van der Waals surface area contributed by atoms with Gasteiger partial charge in [0.25, 0.3) is 5.91 Å². The minimum Gasteiger partial charge on any atom is -0.489 e. The maximum absolute atomic E-state index is 13.0. The average molecular weight is 460 g/mol. The van der Waals surface area contributed by atoms with Gasteiger partial charge in [-0.1, -0.05) is 58.6 Å². The molecule has 0 aromatic heterocycles. The second-order valence-corrected chi connectivity index (χ2v) is 8.66. The second-order valence-electron chi connectivity index (χ2n) is 6.07. The summed E-state index contributed by atoms with van der Waals surface area (Å²) in [5.74, 6) is 0.567. The number of carbonyl (C=O) groups excluding carboxylic acids is 1. The van der Waals surface area contributed by atoms with E-state index in [0.717, 1.165) is 21.3 Å². The molecule has 2 aromatic rings. The predicted molar refractivity (Wildman–Crippen MR) is 121 cm³/mol. The van der Waals surface area contributed by atoms with Crippen LogP contribution in [0, 0.1) is 13.8 Å². The number of amides is 1. The summed E-state index contributed by atoms with van der Waals surface area (Å²) < 4.78 is 7.14. The van der Waals surface area contributed by atoms with Crippen molar-refractivity contribution in [3.05, 3.63) is 75.1 Å². The van der Waals surface area contributed by atoms with Crippen LogP contribution >= 0.6 is 39.9 Å². The van der Waals surface area contributed by atoms with Crippen molar-refractivity contribution in [1.29, 1.82) is 0 Å². The van der Waals surface area contributed by atoms with Crippen LogP contribution in [0.2, 0.25) is 0 Å². The number of nitrogens with zero attached hydrogens (tertiary/aromatic N) is 1. The summed E-state index contributed by atoms with van der Waals surface area (Å²) in [7, 11) is 0. The van der Waals surface area contributed by atoms with Gasteiger partial charge in [-0.3, -0.25) is 9.69 Å². The molecule has 3 rings (SSSR count). The zero-order chi connectivity index (χ0) is 19.6. The molecule has 1 aliphatic rings. The van der Waals surface area contributed by atoms with Crippen LogP contribution in [0.1, 0.15) is 16.7 Å². The van der Waals surface area contributed by atoms with Crippen molar-refractivity contribution >= 4 is 61.9 Å². The normalized spacial score (nSPS) is 15.5. The molecule has 0 bridgehead atoms. The van der Waals surface area contributed by atoms with Crippen LogP contribution in [-0.2, 0) is 4.79 Å². The highest BCUT2D eigenvalue weighted by Gasteiger charge is 2.33. The number of thioether (sulfide) groups is 1. The minimum atomic E-state index is -0.122. The molecule has 2 aromatic carbocycles. The largest absolute Gasteiger partial charge is 0.489 e. The van der Waals surface area contributed by atoms with Crippen LogP contribution in [0.3, 0.4) is 0 Å². The number of thiocarbonyl (C=S) groups is 1. The van der Waals surface area contributed by atoms with Crippen LogP contribution in [0.15, 0.2) is 58.4 Å². The van der Waals surface area contributed by atoms with Crippen molar-refractivity contribution < 1.29 is 9.53 Å². The number of halogens is 1. The number of hydrogen-bond donors (Lipinski definition) is 0. The quantitative estimate of drug-likeness (QED) is 0.309. The van der Waals surface area contributed by atoms with Crippen LogP contribution in [0.5, 0.6) is 5.75 Å². The number of carbonyl (C=O) groups is 1. The van der Waals surface area contributed by atoms with Gasteiger partial charge in [0.05, 0.1) is 10.6 Å². The molecule has 1 heterocycles. The van der Waals surface area contributed by atoms with Gasteiger partial charge in [-0.05, 0) is 61.4 Å². The summed E-state index contributed by atoms with van der Waals surface area (Å²) in [4.78, 5) is 15.2. The summed E-state index contributed by atoms with van der Waals surface area (Å²) in [6.45, 7) is 8.14. The van der Waals surface area contributed by atoms with E-state index < -0.39 is 0 Å². The Balaban J connectivity index is 1.96. The summed E-state index contributed by atoms with van der Waals surface area (Å²) in [5, 5.41) is 0. The first-order chi connectivity index (χ1) is 12.9. The zero-order valence-electron chi connectivity index (χ0n) is 15.0. The minimum absolute atomic E-state index is 0.122. The molecule has 6 heteroatoms. The average Bonchev–Trinajstić information content (AvgIpc) is 2.90. The lowest BCUT2D eigenvalue weighted by Gasteiger charge is -2.16. The van der Waals surface area contributed by atoms with E-state index >= 15 is 0 Å². The lowest BCUT2D eigenvalue weighted by Crippen LogP contribution is -2.27. The summed E-state index contributed by atoms with van der Waals surface area (Å²) >= 11 is 10.2. The third-order valence-corrected chi connectivity index (χ3v) is 5.95. The van der Waals surface area contributed by atoms with E-state index in [-0.39, 0.29) is 5.91 Å². The van der Waals surface area contributed by atoms with E-state index in [1.54, 1.807) is 11.0 Å². The number of benzene rings is 2. The van der Waals surface area contributed by atoms with E-state index in [2.05, 4.69) is 22.5 Å². The molecule has 0 saturated carbocycles. The third kappa shape index (κ3) is 4.34. The van der Waals surface area contributed by atoms with Crippen molar-refractivity contribution in [2.75, 3.05) is 11.5 Å². The Kier molecular flexibility index (Phi) is 6.19. The summed E-state index contributed by atoms with van der Waals surface area (Å²) in [5.41, 5.74) is 3.91. The first-order valence-corrected chi connectivity index (χ1v) is 10.3. The Hall–Kier alpha value is -1.89. The van der Waals surface area contributed by atoms with Gasteiger partial charge in [0.1, 0.15) is 12.4 Å². The molecule has 1 fully saturated rings. The van der Waals surface area contributed by atoms with Crippen molar-refractivity contribution in [3.63, 3.8) is 0 Å². The lowest BCUT2D eigenvalue weighted by atomic mass is 10.1. The fourth-order valence-corrected chi connectivity index (χ4v) is 4.28. The van der Waals surface area contributed by atoms with E-state index in [1.807, 2.05) is 56.3 Å². The van der Waals surface area contributed by atoms with Gasteiger partial charge < -0.3 is 4.74 Å². The molecule has 0 N–H and O–H groups in total. The monoisotopic (exact) mass is 459 g/mol. The molecule has 1 aliphatic heterocycles. The zero-order valence-corrected chi connectivity index (χ0v) is 18.2. The predicted octanol–water partition coefficient (Wildman–Crippen LogP) is 6.04. The molecule has 1 saturated heterocycles. The Morgan fingerprint density at radius 1 is 1.22 bits per heavy atom. The summed E-state index contributed by atoms with van der Waals surface area (Å²) in [6, 6.07) is 11.6. The molecular formula is C21H18BrNO2S2. The van der Waals surface area contributed by atoms with Crippen LogP contribution in [0.4, 0.5) is 5.69 Å². The van der Waals surface area contributed by atoms with Gasteiger partial charge in [-0.25, -0.2) is 0 Å². The molecule has 0 unspecified atom stereocenters. The maximum atomic E-state index is 13.0. The number of anilines is 1. The first kappa shape index (κ1) is 19.9. The lowest BCUT2D eigenvalue weighted by molar-refractivity contribution is -0.113. The van der Waals surface area contributed by atoms with Crippen molar-refractivity contribution in [3.8, 4) is 5.75 Å². The molecule has 0 aliphatic carbocycles. The highest BCUT2D eigenvalue weighted by Crippen LogP contribution is 2.38.